The zero-order valence-corrected chi connectivity index (χ0v) is 14.5. The first-order valence-electron chi connectivity index (χ1n) is 8.36. The number of benzene rings is 1. The number of carbonyl (C=O) groups is 1. The van der Waals surface area contributed by atoms with Crippen LogP contribution in [0, 0.1) is 18.8 Å². The van der Waals surface area contributed by atoms with Crippen LogP contribution in [0.1, 0.15) is 11.1 Å². The fourth-order valence-corrected chi connectivity index (χ4v) is 4.01. The molecule has 1 aromatic carbocycles. The molecule has 4 rings (SSSR count). The Labute approximate surface area is 146 Å². The highest BCUT2D eigenvalue weighted by molar-refractivity contribution is 6.30. The molecule has 2 aliphatic rings. The summed E-state index contributed by atoms with van der Waals surface area (Å²) in [7, 11) is 0. The van der Waals surface area contributed by atoms with Crippen LogP contribution in [0.2, 0.25) is 5.02 Å². The second kappa shape index (κ2) is 6.22. The molecule has 5 nitrogen and oxygen atoms in total. The first-order chi connectivity index (χ1) is 11.6. The molecule has 6 heteroatoms. The topological polar surface area (TPSA) is 41.4 Å². The van der Waals surface area contributed by atoms with E-state index in [4.69, 9.17) is 11.6 Å². The van der Waals surface area contributed by atoms with E-state index in [2.05, 4.69) is 41.2 Å². The van der Waals surface area contributed by atoms with Crippen molar-refractivity contribution in [1.29, 1.82) is 0 Å². The van der Waals surface area contributed by atoms with Crippen LogP contribution in [0.5, 0.6) is 0 Å². The van der Waals surface area contributed by atoms with Crippen LogP contribution >= 0.6 is 11.6 Å². The van der Waals surface area contributed by atoms with Crippen LogP contribution in [0.25, 0.3) is 0 Å². The van der Waals surface area contributed by atoms with Gasteiger partial charge < -0.3 is 4.90 Å². The van der Waals surface area contributed by atoms with Gasteiger partial charge >= 0.3 is 6.03 Å². The molecule has 126 valence electrons. The molecule has 24 heavy (non-hydrogen) atoms. The summed E-state index contributed by atoms with van der Waals surface area (Å²) >= 11 is 5.85. The van der Waals surface area contributed by atoms with Gasteiger partial charge in [0.25, 0.3) is 0 Å². The maximum absolute atomic E-state index is 12.5. The third kappa shape index (κ3) is 3.06. The molecular weight excluding hydrogens is 324 g/mol. The molecule has 2 aromatic rings. The molecular formula is C18H21ClN4O. The largest absolute Gasteiger partial charge is 0.344 e. The maximum atomic E-state index is 12.5. The first-order valence-corrected chi connectivity index (χ1v) is 8.73. The predicted octanol–water partition coefficient (Wildman–Crippen LogP) is 2.88. The molecule has 0 radical (unpaired) electrons. The van der Waals surface area contributed by atoms with Crippen molar-refractivity contribution in [3.8, 4) is 0 Å². The quantitative estimate of drug-likeness (QED) is 0.841. The van der Waals surface area contributed by atoms with Crippen LogP contribution in [0.3, 0.4) is 0 Å². The molecule has 2 aliphatic heterocycles. The van der Waals surface area contributed by atoms with Gasteiger partial charge in [-0.1, -0.05) is 41.4 Å². The van der Waals surface area contributed by atoms with Crippen LogP contribution in [-0.2, 0) is 6.54 Å². The number of halogens is 1. The lowest BCUT2D eigenvalue weighted by atomic mass is 10.0. The van der Waals surface area contributed by atoms with Gasteiger partial charge in [0.2, 0.25) is 0 Å². The van der Waals surface area contributed by atoms with Crippen molar-refractivity contribution in [2.24, 2.45) is 11.8 Å². The summed E-state index contributed by atoms with van der Waals surface area (Å²) in [5, 5.41) is 4.51. The minimum atomic E-state index is -0.0682. The molecule has 0 saturated carbocycles. The highest BCUT2D eigenvalue weighted by atomic mass is 35.5. The van der Waals surface area contributed by atoms with Gasteiger partial charge in [-0.3, -0.25) is 4.90 Å². The number of nitrogens with zero attached hydrogens (tertiary/aromatic N) is 4. The van der Waals surface area contributed by atoms with Crippen molar-refractivity contribution in [3.63, 3.8) is 0 Å². The lowest BCUT2D eigenvalue weighted by molar-refractivity contribution is 0.197. The predicted molar refractivity (Wildman–Crippen MR) is 93.0 cm³/mol. The zero-order chi connectivity index (χ0) is 16.7. The molecule has 2 atom stereocenters. The van der Waals surface area contributed by atoms with Crippen molar-refractivity contribution >= 4 is 17.6 Å². The van der Waals surface area contributed by atoms with Gasteiger partial charge in [-0.15, -0.1) is 0 Å². The summed E-state index contributed by atoms with van der Waals surface area (Å²) < 4.78 is 1.34. The minimum Gasteiger partial charge on any atom is -0.322 e. The molecule has 2 saturated heterocycles. The second-order valence-corrected chi connectivity index (χ2v) is 7.43. The highest BCUT2D eigenvalue weighted by Crippen LogP contribution is 2.32. The van der Waals surface area contributed by atoms with Gasteiger partial charge in [0.05, 0.1) is 17.4 Å². The van der Waals surface area contributed by atoms with Crippen LogP contribution < -0.4 is 0 Å². The van der Waals surface area contributed by atoms with E-state index in [0.29, 0.717) is 16.9 Å². The number of amides is 1. The van der Waals surface area contributed by atoms with E-state index in [-0.39, 0.29) is 6.03 Å². The van der Waals surface area contributed by atoms with Gasteiger partial charge in [0.15, 0.2) is 0 Å². The van der Waals surface area contributed by atoms with Crippen molar-refractivity contribution in [2.45, 2.75) is 13.5 Å². The second-order valence-electron chi connectivity index (χ2n) is 6.99. The lowest BCUT2D eigenvalue weighted by Crippen LogP contribution is -2.36. The standard InChI is InChI=1S/C18H21ClN4O/c1-13-2-4-14(5-3-13)7-21-8-15-10-22(11-16(15)9-21)18(24)23-12-17(19)6-20-23/h2-6,12,15-16H,7-11H2,1H3. The Morgan fingerprint density at radius 2 is 1.83 bits per heavy atom. The van der Waals surface area contributed by atoms with E-state index in [9.17, 15) is 4.79 Å². The molecule has 1 aromatic heterocycles. The Hall–Kier alpha value is -1.85. The van der Waals surface area contributed by atoms with E-state index < -0.39 is 0 Å². The molecule has 3 heterocycles. The van der Waals surface area contributed by atoms with Crippen molar-refractivity contribution < 1.29 is 4.79 Å². The number of aryl methyl sites for hydroxylation is 1. The van der Waals surface area contributed by atoms with Gasteiger partial charge in [0, 0.05) is 32.7 Å². The van der Waals surface area contributed by atoms with E-state index in [1.807, 2.05) is 4.90 Å². The van der Waals surface area contributed by atoms with Crippen LogP contribution in [0.15, 0.2) is 36.7 Å². The number of likely N-dealkylation sites (tertiary alicyclic amines) is 2. The summed E-state index contributed by atoms with van der Waals surface area (Å²) in [5.41, 5.74) is 2.66. The molecule has 1 amide bonds. The monoisotopic (exact) mass is 344 g/mol. The summed E-state index contributed by atoms with van der Waals surface area (Å²) in [6, 6.07) is 8.69. The smallest absolute Gasteiger partial charge is 0.322 e. The van der Waals surface area contributed by atoms with Crippen molar-refractivity contribution in [2.75, 3.05) is 26.2 Å². The average Bonchev–Trinajstić information content (AvgIpc) is 3.23. The Morgan fingerprint density at radius 1 is 1.17 bits per heavy atom. The molecule has 2 fully saturated rings. The Kier molecular flexibility index (Phi) is 4.06. The number of aromatic nitrogens is 2. The average molecular weight is 345 g/mol. The molecule has 0 bridgehead atoms. The molecule has 0 aliphatic carbocycles. The van der Waals surface area contributed by atoms with Gasteiger partial charge in [-0.05, 0) is 24.3 Å². The molecule has 0 spiro atoms. The van der Waals surface area contributed by atoms with Gasteiger partial charge in [0.1, 0.15) is 0 Å². The van der Waals surface area contributed by atoms with Crippen molar-refractivity contribution in [1.82, 2.24) is 19.6 Å². The number of carbonyl (C=O) groups excluding carboxylic acids is 1. The molecule has 2 unspecified atom stereocenters. The van der Waals surface area contributed by atoms with Crippen LogP contribution in [-0.4, -0.2) is 51.8 Å². The fourth-order valence-electron chi connectivity index (χ4n) is 3.88. The molecule has 0 N–H and O–H groups in total. The van der Waals surface area contributed by atoms with E-state index in [1.54, 1.807) is 6.20 Å². The maximum Gasteiger partial charge on any atom is 0.344 e. The summed E-state index contributed by atoms with van der Waals surface area (Å²) in [4.78, 5) is 16.9. The van der Waals surface area contributed by atoms with E-state index in [1.165, 1.54) is 22.0 Å². The van der Waals surface area contributed by atoms with Gasteiger partial charge in [-0.25, -0.2) is 4.79 Å². The Morgan fingerprint density at radius 3 is 2.42 bits per heavy atom. The minimum absolute atomic E-state index is 0.0682. The Bertz CT molecular complexity index is 728. The normalized spacial score (nSPS) is 23.7. The first kappa shape index (κ1) is 15.7. The summed E-state index contributed by atoms with van der Waals surface area (Å²) in [6.07, 6.45) is 3.07. The number of hydrogen-bond acceptors (Lipinski definition) is 3. The van der Waals surface area contributed by atoms with E-state index in [0.717, 1.165) is 32.7 Å². The SMILES string of the molecule is Cc1ccc(CN2CC3CN(C(=O)n4cc(Cl)cn4)CC3C2)cc1. The number of hydrogen-bond donors (Lipinski definition) is 0. The van der Waals surface area contributed by atoms with Crippen LogP contribution in [0.4, 0.5) is 4.79 Å². The third-order valence-corrected chi connectivity index (χ3v) is 5.30. The van der Waals surface area contributed by atoms with Crippen molar-refractivity contribution in [3.05, 3.63) is 52.8 Å². The van der Waals surface area contributed by atoms with Gasteiger partial charge in [-0.2, -0.15) is 9.78 Å². The third-order valence-electron chi connectivity index (χ3n) is 5.11. The lowest BCUT2D eigenvalue weighted by Gasteiger charge is -2.21. The zero-order valence-electron chi connectivity index (χ0n) is 13.7. The number of fused-ring (bicyclic) bond motifs is 1. The fraction of sp³-hybridized carbons (Fsp3) is 0.444. The van der Waals surface area contributed by atoms with E-state index >= 15 is 0 Å². The Balaban J connectivity index is 1.35. The number of rotatable bonds is 2. The summed E-state index contributed by atoms with van der Waals surface area (Å²) in [5.74, 6) is 1.12. The highest BCUT2D eigenvalue weighted by Gasteiger charge is 2.41. The summed E-state index contributed by atoms with van der Waals surface area (Å²) in [6.45, 7) is 6.85.